The molecule has 0 spiro atoms. The molecule has 0 radical (unpaired) electrons. The molecular weight excluding hydrogens is 354 g/mol. The van der Waals surface area contributed by atoms with Gasteiger partial charge in [-0.3, -0.25) is 0 Å². The van der Waals surface area contributed by atoms with Gasteiger partial charge in [0.05, 0.1) is 22.8 Å². The Hall–Kier alpha value is -1.22. The Balaban J connectivity index is 2.68. The number of rotatable bonds is 10. The standard InChI is InChI=1S/C16H28F2N2O4S/c1-14(2,11-21)12-9-13(24-20-12)19-10-15(3,4)25(22,23)8-6-7-16(5,17)18/h9,19,21H,6-8,10-11H2,1-5H3. The first kappa shape index (κ1) is 21.8. The van der Waals surface area contributed by atoms with Gasteiger partial charge in [-0.05, 0) is 27.2 Å². The molecule has 0 saturated carbocycles. The van der Waals surface area contributed by atoms with Gasteiger partial charge in [-0.2, -0.15) is 0 Å². The molecule has 2 N–H and O–H groups in total. The summed E-state index contributed by atoms with van der Waals surface area (Å²) in [5.41, 5.74) is -0.0283. The SMILES string of the molecule is CC(F)(F)CCCS(=O)(=O)C(C)(C)CNc1cc(C(C)(C)CO)no1. The van der Waals surface area contributed by atoms with Gasteiger partial charge in [0.25, 0.3) is 0 Å². The largest absolute Gasteiger partial charge is 0.395 e. The lowest BCUT2D eigenvalue weighted by Crippen LogP contribution is -2.40. The van der Waals surface area contributed by atoms with Crippen molar-refractivity contribution in [3.8, 4) is 0 Å². The molecule has 1 rings (SSSR count). The number of aliphatic hydroxyl groups excluding tert-OH is 1. The Morgan fingerprint density at radius 3 is 2.36 bits per heavy atom. The van der Waals surface area contributed by atoms with Crippen LogP contribution in [0.15, 0.2) is 10.6 Å². The van der Waals surface area contributed by atoms with Crippen LogP contribution in [-0.4, -0.2) is 48.3 Å². The van der Waals surface area contributed by atoms with E-state index in [1.54, 1.807) is 19.9 Å². The molecule has 0 atom stereocenters. The molecule has 25 heavy (non-hydrogen) atoms. The molecule has 0 bridgehead atoms. The maximum Gasteiger partial charge on any atom is 0.245 e. The van der Waals surface area contributed by atoms with Crippen molar-refractivity contribution in [2.45, 2.75) is 63.5 Å². The monoisotopic (exact) mass is 382 g/mol. The summed E-state index contributed by atoms with van der Waals surface area (Å²) >= 11 is 0. The Kier molecular flexibility index (Phi) is 6.61. The van der Waals surface area contributed by atoms with Gasteiger partial charge in [0.1, 0.15) is 0 Å². The van der Waals surface area contributed by atoms with Gasteiger partial charge in [-0.15, -0.1) is 0 Å². The molecule has 6 nitrogen and oxygen atoms in total. The molecule has 0 aliphatic rings. The Bertz CT molecular complexity index is 664. The molecule has 0 aromatic carbocycles. The molecule has 0 saturated heterocycles. The summed E-state index contributed by atoms with van der Waals surface area (Å²) in [5, 5.41) is 16.1. The van der Waals surface area contributed by atoms with Gasteiger partial charge in [0.15, 0.2) is 9.84 Å². The van der Waals surface area contributed by atoms with Crippen LogP contribution in [0.3, 0.4) is 0 Å². The van der Waals surface area contributed by atoms with E-state index in [1.165, 1.54) is 13.8 Å². The number of nitrogens with zero attached hydrogens (tertiary/aromatic N) is 1. The minimum absolute atomic E-state index is 0.0477. The van der Waals surface area contributed by atoms with E-state index in [-0.39, 0.29) is 25.3 Å². The van der Waals surface area contributed by atoms with Crippen LogP contribution >= 0.6 is 0 Å². The van der Waals surface area contributed by atoms with E-state index >= 15 is 0 Å². The number of hydrogen-bond acceptors (Lipinski definition) is 6. The van der Waals surface area contributed by atoms with Crippen molar-refractivity contribution in [2.24, 2.45) is 0 Å². The second kappa shape index (κ2) is 7.57. The van der Waals surface area contributed by atoms with Crippen molar-refractivity contribution in [1.29, 1.82) is 0 Å². The molecule has 0 aliphatic carbocycles. The summed E-state index contributed by atoms with van der Waals surface area (Å²) in [4.78, 5) is 0. The van der Waals surface area contributed by atoms with Gasteiger partial charge >= 0.3 is 0 Å². The van der Waals surface area contributed by atoms with Crippen molar-refractivity contribution in [2.75, 3.05) is 24.2 Å². The van der Waals surface area contributed by atoms with Crippen LogP contribution in [0.2, 0.25) is 0 Å². The number of aromatic nitrogens is 1. The molecule has 0 aliphatic heterocycles. The summed E-state index contributed by atoms with van der Waals surface area (Å²) in [6.45, 7) is 7.39. The number of anilines is 1. The van der Waals surface area contributed by atoms with Gasteiger partial charge in [-0.1, -0.05) is 19.0 Å². The number of aliphatic hydroxyl groups is 1. The summed E-state index contributed by atoms with van der Waals surface area (Å²) in [6.07, 6.45) is -0.552. The van der Waals surface area contributed by atoms with E-state index in [2.05, 4.69) is 10.5 Å². The normalized spacial score (nSPS) is 13.9. The van der Waals surface area contributed by atoms with Crippen LogP contribution in [-0.2, 0) is 15.3 Å². The zero-order valence-corrected chi connectivity index (χ0v) is 16.2. The van der Waals surface area contributed by atoms with Crippen LogP contribution in [0.25, 0.3) is 0 Å². The van der Waals surface area contributed by atoms with Crippen LogP contribution in [0.5, 0.6) is 0 Å². The summed E-state index contributed by atoms with van der Waals surface area (Å²) in [7, 11) is -3.58. The van der Waals surface area contributed by atoms with E-state index < -0.39 is 32.3 Å². The molecule has 1 heterocycles. The third-order valence-corrected chi connectivity index (χ3v) is 6.81. The summed E-state index contributed by atoms with van der Waals surface area (Å²) in [5.74, 6) is -2.88. The lowest BCUT2D eigenvalue weighted by atomic mass is 9.91. The highest BCUT2D eigenvalue weighted by Crippen LogP contribution is 2.26. The first-order valence-electron chi connectivity index (χ1n) is 8.12. The summed E-state index contributed by atoms with van der Waals surface area (Å²) < 4.78 is 54.5. The fourth-order valence-electron chi connectivity index (χ4n) is 2.02. The minimum Gasteiger partial charge on any atom is -0.395 e. The quantitative estimate of drug-likeness (QED) is 0.646. The van der Waals surface area contributed by atoms with E-state index in [9.17, 15) is 22.3 Å². The maximum absolute atomic E-state index is 12.8. The van der Waals surface area contributed by atoms with Crippen molar-refractivity contribution >= 4 is 15.7 Å². The first-order chi connectivity index (χ1) is 11.2. The van der Waals surface area contributed by atoms with E-state index in [4.69, 9.17) is 4.52 Å². The number of nitrogens with one attached hydrogen (secondary N) is 1. The zero-order valence-electron chi connectivity index (χ0n) is 15.4. The summed E-state index contributed by atoms with van der Waals surface area (Å²) in [6, 6.07) is 1.61. The molecule has 0 amide bonds. The topological polar surface area (TPSA) is 92.4 Å². The lowest BCUT2D eigenvalue weighted by Gasteiger charge is -2.25. The van der Waals surface area contributed by atoms with Crippen molar-refractivity contribution in [1.82, 2.24) is 5.16 Å². The molecule has 9 heteroatoms. The average Bonchev–Trinajstić information content (AvgIpc) is 2.93. The van der Waals surface area contributed by atoms with E-state index in [1.807, 2.05) is 0 Å². The lowest BCUT2D eigenvalue weighted by molar-refractivity contribution is 0.0125. The maximum atomic E-state index is 12.8. The molecular formula is C16H28F2N2O4S. The minimum atomic E-state index is -3.58. The highest BCUT2D eigenvalue weighted by atomic mass is 32.2. The van der Waals surface area contributed by atoms with Crippen molar-refractivity contribution in [3.63, 3.8) is 0 Å². The number of halogens is 2. The van der Waals surface area contributed by atoms with E-state index in [0.29, 0.717) is 11.6 Å². The smallest absolute Gasteiger partial charge is 0.245 e. The third-order valence-electron chi connectivity index (χ3n) is 4.16. The Labute approximate surface area is 147 Å². The fourth-order valence-corrected chi connectivity index (χ4v) is 3.39. The van der Waals surface area contributed by atoms with Crippen molar-refractivity contribution < 1.29 is 26.8 Å². The predicted octanol–water partition coefficient (Wildman–Crippen LogP) is 2.99. The third kappa shape index (κ3) is 6.22. The molecule has 1 aromatic heterocycles. The Morgan fingerprint density at radius 2 is 1.84 bits per heavy atom. The zero-order chi connectivity index (χ0) is 19.5. The second-order valence-corrected chi connectivity index (χ2v) is 10.5. The van der Waals surface area contributed by atoms with Gasteiger partial charge in [0, 0.05) is 24.4 Å². The molecule has 146 valence electrons. The highest BCUT2D eigenvalue weighted by Gasteiger charge is 2.35. The highest BCUT2D eigenvalue weighted by molar-refractivity contribution is 7.92. The van der Waals surface area contributed by atoms with Gasteiger partial charge < -0.3 is 14.9 Å². The predicted molar refractivity (Wildman–Crippen MR) is 92.8 cm³/mol. The first-order valence-corrected chi connectivity index (χ1v) is 9.77. The number of sulfone groups is 1. The van der Waals surface area contributed by atoms with Crippen LogP contribution in [0.1, 0.15) is 53.2 Å². The molecule has 1 aromatic rings. The van der Waals surface area contributed by atoms with Crippen molar-refractivity contribution in [3.05, 3.63) is 11.8 Å². The van der Waals surface area contributed by atoms with Gasteiger partial charge in [0.2, 0.25) is 11.8 Å². The van der Waals surface area contributed by atoms with Crippen LogP contribution < -0.4 is 5.32 Å². The van der Waals surface area contributed by atoms with Gasteiger partial charge in [-0.25, -0.2) is 17.2 Å². The van der Waals surface area contributed by atoms with E-state index in [0.717, 1.165) is 6.92 Å². The molecule has 0 fully saturated rings. The average molecular weight is 382 g/mol. The second-order valence-electron chi connectivity index (χ2n) is 7.72. The Morgan fingerprint density at radius 1 is 1.24 bits per heavy atom. The number of alkyl halides is 2. The molecule has 0 unspecified atom stereocenters. The fraction of sp³-hybridized carbons (Fsp3) is 0.812. The van der Waals surface area contributed by atoms with Crippen LogP contribution in [0, 0.1) is 0 Å². The number of hydrogen-bond donors (Lipinski definition) is 2. The van der Waals surface area contributed by atoms with Crippen LogP contribution in [0.4, 0.5) is 14.7 Å².